The fraction of sp³-hybridized carbons (Fsp3) is 0.208. The maximum Gasteiger partial charge on any atom is 0.261 e. The molecule has 1 saturated heterocycles. The average molecular weight is 463 g/mol. The number of hydrogen-bond donors (Lipinski definition) is 1. The minimum absolute atomic E-state index is 0.0230. The molecular weight excluding hydrogens is 440 g/mol. The number of nitrogens with one attached hydrogen (secondary N) is 1. The van der Waals surface area contributed by atoms with E-state index in [4.69, 9.17) is 5.26 Å². The molecule has 1 fully saturated rings. The molecular formula is C24H22N4O4S. The van der Waals surface area contributed by atoms with Gasteiger partial charge in [-0.2, -0.15) is 9.57 Å². The van der Waals surface area contributed by atoms with Crippen molar-refractivity contribution < 1.29 is 13.2 Å². The molecule has 1 amide bonds. The van der Waals surface area contributed by atoms with Crippen molar-refractivity contribution >= 4 is 15.9 Å². The zero-order chi connectivity index (χ0) is 23.6. The molecule has 2 aromatic carbocycles. The van der Waals surface area contributed by atoms with Gasteiger partial charge < -0.3 is 9.88 Å². The number of carbonyl (C=O) groups excluding carboxylic acids is 1. The van der Waals surface area contributed by atoms with Crippen LogP contribution in [0.25, 0.3) is 11.3 Å². The largest absolute Gasteiger partial charge is 0.336 e. The minimum atomic E-state index is -3.73. The first-order valence-corrected chi connectivity index (χ1v) is 11.8. The Kier molecular flexibility index (Phi) is 6.14. The van der Waals surface area contributed by atoms with Crippen molar-refractivity contribution in [2.24, 2.45) is 0 Å². The number of aromatic nitrogens is 1. The number of rotatable bonds is 4. The van der Waals surface area contributed by atoms with Gasteiger partial charge in [-0.3, -0.25) is 9.59 Å². The molecule has 1 N–H and O–H groups in total. The number of benzene rings is 2. The van der Waals surface area contributed by atoms with Gasteiger partial charge in [0.2, 0.25) is 10.0 Å². The van der Waals surface area contributed by atoms with Gasteiger partial charge in [0, 0.05) is 31.9 Å². The summed E-state index contributed by atoms with van der Waals surface area (Å²) in [5, 5.41) is 8.89. The number of pyridine rings is 1. The van der Waals surface area contributed by atoms with Gasteiger partial charge in [-0.25, -0.2) is 8.42 Å². The lowest BCUT2D eigenvalue weighted by Gasteiger charge is -2.33. The topological polar surface area (TPSA) is 114 Å². The highest BCUT2D eigenvalue weighted by molar-refractivity contribution is 7.89. The first-order chi connectivity index (χ1) is 15.8. The van der Waals surface area contributed by atoms with Gasteiger partial charge in [0.1, 0.15) is 5.56 Å². The van der Waals surface area contributed by atoms with Crippen LogP contribution in [0.5, 0.6) is 0 Å². The van der Waals surface area contributed by atoms with Crippen LogP contribution >= 0.6 is 0 Å². The highest BCUT2D eigenvalue weighted by atomic mass is 32.2. The number of nitriles is 1. The summed E-state index contributed by atoms with van der Waals surface area (Å²) >= 11 is 0. The zero-order valence-electron chi connectivity index (χ0n) is 18.0. The van der Waals surface area contributed by atoms with Crippen LogP contribution in [0.3, 0.4) is 0 Å². The van der Waals surface area contributed by atoms with Gasteiger partial charge >= 0.3 is 0 Å². The first kappa shape index (κ1) is 22.5. The molecule has 0 unspecified atom stereocenters. The van der Waals surface area contributed by atoms with E-state index in [1.807, 2.05) is 37.3 Å². The molecule has 4 rings (SSSR count). The second-order valence-corrected chi connectivity index (χ2v) is 9.75. The molecule has 1 aromatic heterocycles. The van der Waals surface area contributed by atoms with E-state index in [1.54, 1.807) is 6.07 Å². The number of H-pyrrole nitrogens is 1. The smallest absolute Gasteiger partial charge is 0.261 e. The van der Waals surface area contributed by atoms with Gasteiger partial charge in [-0.05, 0) is 55.0 Å². The molecule has 0 saturated carbocycles. The van der Waals surface area contributed by atoms with Gasteiger partial charge in [0.05, 0.1) is 16.5 Å². The number of carbonyl (C=O) groups is 1. The Hall–Kier alpha value is -3.74. The summed E-state index contributed by atoms with van der Waals surface area (Å²) in [7, 11) is -3.73. The van der Waals surface area contributed by atoms with Gasteiger partial charge in [-0.15, -0.1) is 0 Å². The molecule has 1 aliphatic heterocycles. The molecule has 3 aromatic rings. The van der Waals surface area contributed by atoms with E-state index in [9.17, 15) is 18.0 Å². The van der Waals surface area contributed by atoms with Gasteiger partial charge in [-0.1, -0.05) is 23.8 Å². The van der Waals surface area contributed by atoms with E-state index in [0.717, 1.165) is 11.1 Å². The first-order valence-electron chi connectivity index (χ1n) is 10.4. The van der Waals surface area contributed by atoms with Gasteiger partial charge in [0.15, 0.2) is 0 Å². The molecule has 0 radical (unpaired) electrons. The summed E-state index contributed by atoms with van der Waals surface area (Å²) in [5.74, 6) is -0.428. The number of amides is 1. The van der Waals surface area contributed by atoms with Crippen molar-refractivity contribution in [2.75, 3.05) is 26.2 Å². The van der Waals surface area contributed by atoms with Crippen LogP contribution in [0.1, 0.15) is 21.5 Å². The fourth-order valence-electron chi connectivity index (χ4n) is 3.78. The van der Waals surface area contributed by atoms with Crippen molar-refractivity contribution in [2.45, 2.75) is 11.8 Å². The average Bonchev–Trinajstić information content (AvgIpc) is 2.83. The predicted octanol–water partition coefficient (Wildman–Crippen LogP) is 2.37. The lowest BCUT2D eigenvalue weighted by Crippen LogP contribution is -2.51. The second-order valence-electron chi connectivity index (χ2n) is 7.82. The third kappa shape index (κ3) is 4.58. The molecule has 9 heteroatoms. The number of piperazine rings is 1. The number of hydrogen-bond acceptors (Lipinski definition) is 5. The molecule has 2 heterocycles. The third-order valence-corrected chi connectivity index (χ3v) is 7.53. The second kappa shape index (κ2) is 9.02. The van der Waals surface area contributed by atoms with E-state index in [1.165, 1.54) is 39.5 Å². The SMILES string of the molecule is Cc1cccc(-c2ccc(C(=O)N3CCN(S(=O)(=O)c4ccc(C#N)cc4)CC3)c(=O)[nH]2)c1. The van der Waals surface area contributed by atoms with Crippen LogP contribution in [0.15, 0.2) is 70.4 Å². The number of nitrogens with zero attached hydrogens (tertiary/aromatic N) is 3. The van der Waals surface area contributed by atoms with Crippen molar-refractivity contribution in [1.82, 2.24) is 14.2 Å². The maximum atomic E-state index is 12.9. The van der Waals surface area contributed by atoms with E-state index in [2.05, 4.69) is 4.98 Å². The van der Waals surface area contributed by atoms with E-state index in [0.29, 0.717) is 11.3 Å². The summed E-state index contributed by atoms with van der Waals surface area (Å²) in [6.07, 6.45) is 0. The van der Waals surface area contributed by atoms with Crippen LogP contribution in [0.2, 0.25) is 0 Å². The summed E-state index contributed by atoms with van der Waals surface area (Å²) in [6, 6.07) is 18.6. The van der Waals surface area contributed by atoms with Crippen LogP contribution in [-0.4, -0.2) is 54.7 Å². The number of sulfonamides is 1. The molecule has 0 aliphatic carbocycles. The number of aromatic amines is 1. The van der Waals surface area contributed by atoms with Gasteiger partial charge in [0.25, 0.3) is 11.5 Å². The summed E-state index contributed by atoms with van der Waals surface area (Å²) in [6.45, 7) is 2.54. The highest BCUT2D eigenvalue weighted by Crippen LogP contribution is 2.20. The lowest BCUT2D eigenvalue weighted by molar-refractivity contribution is 0.0696. The quantitative estimate of drug-likeness (QED) is 0.639. The van der Waals surface area contributed by atoms with Crippen molar-refractivity contribution in [1.29, 1.82) is 5.26 Å². The third-order valence-electron chi connectivity index (χ3n) is 5.62. The van der Waals surface area contributed by atoms with Crippen LogP contribution in [-0.2, 0) is 10.0 Å². The van der Waals surface area contributed by atoms with Crippen molar-refractivity contribution in [3.63, 3.8) is 0 Å². The Balaban J connectivity index is 1.46. The Morgan fingerprint density at radius 3 is 2.30 bits per heavy atom. The number of aryl methyl sites for hydroxylation is 1. The Bertz CT molecular complexity index is 1400. The van der Waals surface area contributed by atoms with Crippen LogP contribution in [0, 0.1) is 18.3 Å². The fourth-order valence-corrected chi connectivity index (χ4v) is 5.20. The molecule has 168 valence electrons. The molecule has 0 atom stereocenters. The van der Waals surface area contributed by atoms with E-state index in [-0.39, 0.29) is 36.6 Å². The highest BCUT2D eigenvalue weighted by Gasteiger charge is 2.31. The molecule has 33 heavy (non-hydrogen) atoms. The standard InChI is InChI=1S/C24H22N4O4S/c1-17-3-2-4-19(15-17)22-10-9-21(23(29)26-22)24(30)27-11-13-28(14-12-27)33(31,32)20-7-5-18(16-25)6-8-20/h2-10,15H,11-14H2,1H3,(H,26,29). The Morgan fingerprint density at radius 1 is 1.00 bits per heavy atom. The predicted molar refractivity (Wildman–Crippen MR) is 123 cm³/mol. The lowest BCUT2D eigenvalue weighted by atomic mass is 10.1. The Morgan fingerprint density at radius 2 is 1.70 bits per heavy atom. The summed E-state index contributed by atoms with van der Waals surface area (Å²) < 4.78 is 27.0. The van der Waals surface area contributed by atoms with Crippen LogP contribution in [0.4, 0.5) is 0 Å². The summed E-state index contributed by atoms with van der Waals surface area (Å²) in [4.78, 5) is 29.9. The molecule has 1 aliphatic rings. The zero-order valence-corrected chi connectivity index (χ0v) is 18.8. The van der Waals surface area contributed by atoms with E-state index < -0.39 is 21.5 Å². The molecule has 8 nitrogen and oxygen atoms in total. The monoisotopic (exact) mass is 462 g/mol. The molecule has 0 bridgehead atoms. The van der Waals surface area contributed by atoms with Crippen LogP contribution < -0.4 is 5.56 Å². The van der Waals surface area contributed by atoms with E-state index >= 15 is 0 Å². The van der Waals surface area contributed by atoms with Crippen molar-refractivity contribution in [3.05, 3.63) is 87.7 Å². The summed E-state index contributed by atoms with van der Waals surface area (Å²) in [5.41, 5.74) is 2.46. The Labute approximate surface area is 191 Å². The van der Waals surface area contributed by atoms with Crippen molar-refractivity contribution in [3.8, 4) is 17.3 Å². The normalized spacial score (nSPS) is 14.6. The molecule has 0 spiro atoms. The maximum absolute atomic E-state index is 12.9. The minimum Gasteiger partial charge on any atom is -0.336 e.